The van der Waals surface area contributed by atoms with E-state index in [0.717, 1.165) is 37.7 Å². The molecule has 19 heteroatoms. The third-order valence-electron chi connectivity index (χ3n) is 11.2. The maximum Gasteiger partial charge on any atom is 0.407 e. The van der Waals surface area contributed by atoms with E-state index < -0.39 is 65.3 Å². The van der Waals surface area contributed by atoms with E-state index >= 15 is 0 Å². The first-order chi connectivity index (χ1) is 29.3. The molecule has 4 heterocycles. The lowest BCUT2D eigenvalue weighted by atomic mass is 9.84. The summed E-state index contributed by atoms with van der Waals surface area (Å²) in [5, 5.41) is 27.4. The Balaban J connectivity index is 1.19. The second-order valence-corrected chi connectivity index (χ2v) is 16.2. The minimum Gasteiger partial charge on any atom is -0.445 e. The van der Waals surface area contributed by atoms with Crippen molar-refractivity contribution in [1.82, 2.24) is 50.8 Å². The first kappa shape index (κ1) is 44.2. The Hall–Kier alpha value is -6.37. The number of hydrogen-bond donors (Lipinski definition) is 5. The molecule has 1 aliphatic carbocycles. The number of benzene rings is 1. The van der Waals surface area contributed by atoms with Crippen LogP contribution in [-0.2, 0) is 36.1 Å². The number of Topliss-reactive ketones (excluding diaryl/α,β-unsaturated/α-hetero) is 1. The van der Waals surface area contributed by atoms with Crippen molar-refractivity contribution in [3.63, 3.8) is 0 Å². The van der Waals surface area contributed by atoms with Gasteiger partial charge in [-0.3, -0.25) is 29.0 Å². The molecule has 3 aromatic heterocycles. The Morgan fingerprint density at radius 1 is 0.951 bits per heavy atom. The Labute approximate surface area is 352 Å². The van der Waals surface area contributed by atoms with Gasteiger partial charge in [0.15, 0.2) is 5.65 Å². The van der Waals surface area contributed by atoms with Gasteiger partial charge in [-0.25, -0.2) is 19.4 Å². The number of pyridine rings is 1. The van der Waals surface area contributed by atoms with E-state index in [2.05, 4.69) is 41.2 Å². The van der Waals surface area contributed by atoms with Crippen LogP contribution in [0.1, 0.15) is 106 Å². The number of likely N-dealkylation sites (tertiary alicyclic amines) is 1. The lowest BCUT2D eigenvalue weighted by Crippen LogP contribution is -2.56. The summed E-state index contributed by atoms with van der Waals surface area (Å²) < 4.78 is 6.71. The van der Waals surface area contributed by atoms with Gasteiger partial charge in [-0.1, -0.05) is 67.6 Å². The van der Waals surface area contributed by atoms with Crippen molar-refractivity contribution >= 4 is 46.7 Å². The fraction of sp³-hybridized carbons (Fsp3) is 0.500. The number of hydrogen-bond acceptors (Lipinski definition) is 13. The highest BCUT2D eigenvalue weighted by Crippen LogP contribution is 2.33. The first-order valence-corrected chi connectivity index (χ1v) is 20.7. The number of unbranched alkanes of at least 4 members (excludes halogenated alkanes) is 1. The summed E-state index contributed by atoms with van der Waals surface area (Å²) in [5.41, 5.74) is 6.01. The van der Waals surface area contributed by atoms with Crippen LogP contribution in [0.4, 0.5) is 4.79 Å². The molecule has 1 saturated carbocycles. The van der Waals surface area contributed by atoms with E-state index in [0.29, 0.717) is 30.5 Å². The van der Waals surface area contributed by atoms with E-state index in [9.17, 15) is 33.9 Å². The molecule has 2 aliphatic rings. The molecule has 1 aromatic carbocycles. The number of fused-ring (bicyclic) bond motifs is 1. The minimum atomic E-state index is -1.38. The number of rotatable bonds is 18. The monoisotopic (exact) mass is 839 g/mol. The van der Waals surface area contributed by atoms with E-state index in [-0.39, 0.29) is 49.8 Å². The summed E-state index contributed by atoms with van der Waals surface area (Å²) in [6.45, 7) is 3.37. The molecule has 6 N–H and O–H groups in total. The van der Waals surface area contributed by atoms with Crippen molar-refractivity contribution in [2.75, 3.05) is 13.1 Å². The summed E-state index contributed by atoms with van der Waals surface area (Å²) in [6, 6.07) is 8.07. The molecule has 324 valence electrons. The van der Waals surface area contributed by atoms with Gasteiger partial charge in [0, 0.05) is 31.9 Å². The number of aromatic nitrogens is 6. The number of nitrogens with one attached hydrogen (secondary N) is 3. The average molecular weight is 840 g/mol. The second kappa shape index (κ2) is 20.3. The molecule has 1 unspecified atom stereocenters. The Bertz CT molecular complexity index is 2190. The zero-order valence-corrected chi connectivity index (χ0v) is 34.4. The number of aliphatic hydroxyl groups is 1. The second-order valence-electron chi connectivity index (χ2n) is 16.2. The molecule has 5 amide bonds. The molecule has 0 spiro atoms. The normalized spacial score (nSPS) is 17.9. The quantitative estimate of drug-likeness (QED) is 0.0713. The highest BCUT2D eigenvalue weighted by Gasteiger charge is 2.45. The molecule has 1 saturated heterocycles. The number of ketones is 1. The third kappa shape index (κ3) is 11.7. The number of ether oxygens (including phenoxy) is 1. The van der Waals surface area contributed by atoms with Crippen LogP contribution in [0, 0.1) is 5.92 Å². The fourth-order valence-electron chi connectivity index (χ4n) is 7.97. The standard InChI is InChI=1S/C42H53N11O8/c1-42(2,60)34-23-47-51-53(34)28-22-33(39(57)49-29(35(54)36(43)55)15-9-10-18-46-41(59)61-25-27-13-7-4-8-14-27)52(24-28)40(58)32(21-26-11-5-3-6-12-26)50-38(56)31-17-16-30-37(48-31)45-20-19-44-30/h4,7-8,13-14,16-17,19-20,23,26,28-29,32-33,60H,3,5-6,9-12,15,18,21-22,24-25H2,1-2H3,(H2,43,55)(H,46,59)(H,49,57)(H,50,56)/t28-,29?,32+,33-/m0/s1. The molecular weight excluding hydrogens is 787 g/mol. The van der Waals surface area contributed by atoms with Gasteiger partial charge >= 0.3 is 6.09 Å². The SMILES string of the molecule is CC(C)(O)c1cnnn1[C@H]1C[C@@H](C(=O)NC(CCCCNC(=O)OCc2ccccc2)C(=O)C(N)=O)N(C(=O)[C@@H](CC2CCCCC2)NC(=O)c2ccc3nccnc3n2)C1. The van der Waals surface area contributed by atoms with Gasteiger partial charge in [-0.15, -0.1) is 5.10 Å². The topological polar surface area (TPSA) is 267 Å². The summed E-state index contributed by atoms with van der Waals surface area (Å²) in [5.74, 6) is -4.00. The largest absolute Gasteiger partial charge is 0.445 e. The first-order valence-electron chi connectivity index (χ1n) is 20.7. The van der Waals surface area contributed by atoms with E-state index in [1.54, 1.807) is 19.9 Å². The van der Waals surface area contributed by atoms with Gasteiger partial charge in [0.2, 0.25) is 17.6 Å². The van der Waals surface area contributed by atoms with Crippen molar-refractivity contribution in [3.05, 3.63) is 78.0 Å². The Morgan fingerprint density at radius 3 is 2.44 bits per heavy atom. The van der Waals surface area contributed by atoms with Crippen LogP contribution in [0.15, 0.2) is 61.1 Å². The van der Waals surface area contributed by atoms with E-state index in [1.165, 1.54) is 34.2 Å². The van der Waals surface area contributed by atoms with Crippen LogP contribution in [0.3, 0.4) is 0 Å². The zero-order valence-electron chi connectivity index (χ0n) is 34.4. The molecular formula is C42H53N11O8. The minimum absolute atomic E-state index is 0.00546. The number of nitrogens with two attached hydrogens (primary N) is 1. The van der Waals surface area contributed by atoms with Crippen LogP contribution < -0.4 is 21.7 Å². The molecule has 0 bridgehead atoms. The van der Waals surface area contributed by atoms with Gasteiger partial charge in [0.05, 0.1) is 24.0 Å². The Kier molecular flexibility index (Phi) is 14.7. The predicted octanol–water partition coefficient (Wildman–Crippen LogP) is 2.39. The van der Waals surface area contributed by atoms with Gasteiger partial charge in [-0.05, 0) is 63.1 Å². The summed E-state index contributed by atoms with van der Waals surface area (Å²) in [6.07, 6.45) is 9.54. The maximum atomic E-state index is 14.9. The van der Waals surface area contributed by atoms with Crippen LogP contribution >= 0.6 is 0 Å². The van der Waals surface area contributed by atoms with Gasteiger partial charge < -0.3 is 36.4 Å². The number of nitrogens with zero attached hydrogens (tertiary/aromatic N) is 7. The summed E-state index contributed by atoms with van der Waals surface area (Å²) >= 11 is 0. The molecule has 4 atom stereocenters. The third-order valence-corrected chi connectivity index (χ3v) is 11.2. The molecule has 2 fully saturated rings. The van der Waals surface area contributed by atoms with Gasteiger partial charge in [-0.2, -0.15) is 0 Å². The number of amides is 5. The van der Waals surface area contributed by atoms with Crippen LogP contribution in [0.5, 0.6) is 0 Å². The van der Waals surface area contributed by atoms with Crippen LogP contribution in [-0.4, -0.2) is 107 Å². The van der Waals surface area contributed by atoms with E-state index in [4.69, 9.17) is 10.5 Å². The summed E-state index contributed by atoms with van der Waals surface area (Å²) in [4.78, 5) is 94.7. The van der Waals surface area contributed by atoms with Crippen molar-refractivity contribution in [1.29, 1.82) is 0 Å². The molecule has 6 rings (SSSR count). The van der Waals surface area contributed by atoms with Gasteiger partial charge in [0.25, 0.3) is 11.8 Å². The van der Waals surface area contributed by atoms with Crippen molar-refractivity contribution in [2.45, 2.75) is 114 Å². The zero-order chi connectivity index (χ0) is 43.5. The van der Waals surface area contributed by atoms with Crippen LogP contribution in [0.2, 0.25) is 0 Å². The molecule has 1 aliphatic heterocycles. The fourth-order valence-corrected chi connectivity index (χ4v) is 7.97. The molecule has 4 aromatic rings. The average Bonchev–Trinajstić information content (AvgIpc) is 3.94. The number of primary amides is 1. The molecule has 0 radical (unpaired) electrons. The van der Waals surface area contributed by atoms with E-state index in [1.807, 2.05) is 30.3 Å². The predicted molar refractivity (Wildman–Crippen MR) is 219 cm³/mol. The van der Waals surface area contributed by atoms with Crippen molar-refractivity contribution in [3.8, 4) is 0 Å². The lowest BCUT2D eigenvalue weighted by molar-refractivity contribution is -0.142. The summed E-state index contributed by atoms with van der Waals surface area (Å²) in [7, 11) is 0. The maximum absolute atomic E-state index is 14.9. The van der Waals surface area contributed by atoms with Crippen molar-refractivity contribution in [2.24, 2.45) is 11.7 Å². The highest BCUT2D eigenvalue weighted by atomic mass is 16.5. The Morgan fingerprint density at radius 2 is 1.70 bits per heavy atom. The number of carbonyl (C=O) groups is 6. The van der Waals surface area contributed by atoms with Gasteiger partial charge in [0.1, 0.15) is 35.5 Å². The van der Waals surface area contributed by atoms with Crippen LogP contribution in [0.25, 0.3) is 11.2 Å². The number of alkyl carbamates (subject to hydrolysis) is 1. The van der Waals surface area contributed by atoms with Crippen molar-refractivity contribution < 1.29 is 38.6 Å². The smallest absolute Gasteiger partial charge is 0.407 e. The molecule has 61 heavy (non-hydrogen) atoms. The molecule has 19 nitrogen and oxygen atoms in total. The highest BCUT2D eigenvalue weighted by molar-refractivity contribution is 6.37. The lowest BCUT2D eigenvalue weighted by Gasteiger charge is -2.32. The number of carbonyl (C=O) groups excluding carboxylic acids is 6.